The summed E-state index contributed by atoms with van der Waals surface area (Å²) in [6, 6.07) is 11.4. The van der Waals surface area contributed by atoms with Gasteiger partial charge in [-0.15, -0.1) is 0 Å². The topological polar surface area (TPSA) is 47.6 Å². The van der Waals surface area contributed by atoms with E-state index in [0.29, 0.717) is 17.3 Å². The first-order valence-corrected chi connectivity index (χ1v) is 8.16. The van der Waals surface area contributed by atoms with Crippen LogP contribution in [0.4, 0.5) is 0 Å². The highest BCUT2D eigenvalue weighted by molar-refractivity contribution is 6.30. The smallest absolute Gasteiger partial charge is 0.257 e. The first-order chi connectivity index (χ1) is 11.5. The van der Waals surface area contributed by atoms with Crippen LogP contribution in [0, 0.1) is 13.8 Å². The van der Waals surface area contributed by atoms with Crippen LogP contribution in [-0.2, 0) is 11.2 Å². The molecule has 0 aromatic heterocycles. The summed E-state index contributed by atoms with van der Waals surface area (Å²) < 4.78 is 10.7. The third kappa shape index (κ3) is 5.17. The minimum absolute atomic E-state index is 0.00801. The van der Waals surface area contributed by atoms with E-state index >= 15 is 0 Å². The van der Waals surface area contributed by atoms with Gasteiger partial charge < -0.3 is 14.8 Å². The second-order valence-corrected chi connectivity index (χ2v) is 6.04. The quantitative estimate of drug-likeness (QED) is 0.830. The third-order valence-electron chi connectivity index (χ3n) is 3.67. The highest BCUT2D eigenvalue weighted by Gasteiger charge is 2.08. The lowest BCUT2D eigenvalue weighted by atomic mass is 10.1. The Morgan fingerprint density at radius 2 is 1.75 bits per heavy atom. The Labute approximate surface area is 147 Å². The molecular formula is C19H22ClNO3. The molecule has 2 aromatic rings. The standard InChI is InChI=1S/C19H22ClNO3/c1-13-10-16(20)11-14(2)19(13)24-12-18(22)21-9-8-15-4-6-17(23-3)7-5-15/h4-7,10-11H,8-9,12H2,1-3H3,(H,21,22). The number of carbonyl (C=O) groups is 1. The fourth-order valence-electron chi connectivity index (χ4n) is 2.45. The molecule has 0 spiro atoms. The van der Waals surface area contributed by atoms with Gasteiger partial charge in [-0.05, 0) is 61.2 Å². The van der Waals surface area contributed by atoms with Gasteiger partial charge in [-0.1, -0.05) is 23.7 Å². The molecule has 0 radical (unpaired) electrons. The average molecular weight is 348 g/mol. The van der Waals surface area contributed by atoms with Crippen LogP contribution in [-0.4, -0.2) is 26.2 Å². The molecule has 1 N–H and O–H groups in total. The summed E-state index contributed by atoms with van der Waals surface area (Å²) >= 11 is 5.99. The molecule has 0 aliphatic heterocycles. The van der Waals surface area contributed by atoms with Gasteiger partial charge in [0.25, 0.3) is 5.91 Å². The summed E-state index contributed by atoms with van der Waals surface area (Å²) in [4.78, 5) is 11.9. The van der Waals surface area contributed by atoms with E-state index in [1.165, 1.54) is 0 Å². The summed E-state index contributed by atoms with van der Waals surface area (Å²) in [7, 11) is 1.64. The lowest BCUT2D eigenvalue weighted by Gasteiger charge is -2.12. The zero-order valence-electron chi connectivity index (χ0n) is 14.2. The largest absolute Gasteiger partial charge is 0.497 e. The molecule has 128 valence electrons. The van der Waals surface area contributed by atoms with E-state index in [1.807, 2.05) is 50.2 Å². The second kappa shape index (κ2) is 8.60. The first kappa shape index (κ1) is 18.1. The number of hydrogen-bond acceptors (Lipinski definition) is 3. The zero-order chi connectivity index (χ0) is 17.5. The van der Waals surface area contributed by atoms with Gasteiger partial charge in [-0.25, -0.2) is 0 Å². The SMILES string of the molecule is COc1ccc(CCNC(=O)COc2c(C)cc(Cl)cc2C)cc1. The molecule has 0 aliphatic carbocycles. The fraction of sp³-hybridized carbons (Fsp3) is 0.316. The molecule has 1 amide bonds. The fourth-order valence-corrected chi connectivity index (χ4v) is 2.78. The maximum atomic E-state index is 11.9. The Morgan fingerprint density at radius 1 is 1.12 bits per heavy atom. The number of aryl methyl sites for hydroxylation is 2. The van der Waals surface area contributed by atoms with Crippen LogP contribution in [0.1, 0.15) is 16.7 Å². The Morgan fingerprint density at radius 3 is 2.33 bits per heavy atom. The number of rotatable bonds is 7. The van der Waals surface area contributed by atoms with Crippen molar-refractivity contribution >= 4 is 17.5 Å². The third-order valence-corrected chi connectivity index (χ3v) is 3.89. The van der Waals surface area contributed by atoms with Crippen LogP contribution in [0.15, 0.2) is 36.4 Å². The van der Waals surface area contributed by atoms with E-state index in [-0.39, 0.29) is 12.5 Å². The molecule has 0 bridgehead atoms. The highest BCUT2D eigenvalue weighted by atomic mass is 35.5. The molecule has 0 unspecified atom stereocenters. The minimum atomic E-state index is -0.141. The van der Waals surface area contributed by atoms with Crippen LogP contribution < -0.4 is 14.8 Å². The van der Waals surface area contributed by atoms with Crippen molar-refractivity contribution in [3.8, 4) is 11.5 Å². The number of nitrogens with one attached hydrogen (secondary N) is 1. The molecule has 0 saturated heterocycles. The van der Waals surface area contributed by atoms with Gasteiger partial charge in [-0.3, -0.25) is 4.79 Å². The van der Waals surface area contributed by atoms with E-state index in [9.17, 15) is 4.79 Å². The molecule has 0 heterocycles. The van der Waals surface area contributed by atoms with Crippen molar-refractivity contribution in [2.45, 2.75) is 20.3 Å². The monoisotopic (exact) mass is 347 g/mol. The Hall–Kier alpha value is -2.20. The Bertz CT molecular complexity index is 675. The molecule has 4 nitrogen and oxygen atoms in total. The highest BCUT2D eigenvalue weighted by Crippen LogP contribution is 2.26. The summed E-state index contributed by atoms with van der Waals surface area (Å²) in [5, 5.41) is 3.53. The number of methoxy groups -OCH3 is 1. The van der Waals surface area contributed by atoms with Crippen LogP contribution in [0.3, 0.4) is 0 Å². The Balaban J connectivity index is 1.77. The van der Waals surface area contributed by atoms with E-state index < -0.39 is 0 Å². The van der Waals surface area contributed by atoms with Crippen molar-refractivity contribution in [1.29, 1.82) is 0 Å². The van der Waals surface area contributed by atoms with Gasteiger partial charge in [0.05, 0.1) is 7.11 Å². The van der Waals surface area contributed by atoms with Crippen molar-refractivity contribution < 1.29 is 14.3 Å². The molecule has 0 fully saturated rings. The number of halogens is 1. The van der Waals surface area contributed by atoms with E-state index in [1.54, 1.807) is 7.11 Å². The molecule has 0 atom stereocenters. The molecule has 0 aliphatic rings. The molecule has 0 saturated carbocycles. The lowest BCUT2D eigenvalue weighted by molar-refractivity contribution is -0.123. The van der Waals surface area contributed by atoms with Crippen molar-refractivity contribution in [3.05, 3.63) is 58.1 Å². The number of hydrogen-bond donors (Lipinski definition) is 1. The maximum absolute atomic E-state index is 11.9. The van der Waals surface area contributed by atoms with Crippen molar-refractivity contribution in [3.63, 3.8) is 0 Å². The van der Waals surface area contributed by atoms with Gasteiger partial charge in [0.2, 0.25) is 0 Å². The van der Waals surface area contributed by atoms with Crippen LogP contribution in [0.5, 0.6) is 11.5 Å². The predicted octanol–water partition coefficient (Wildman–Crippen LogP) is 3.70. The summed E-state index contributed by atoms with van der Waals surface area (Å²) in [6.45, 7) is 4.38. The molecule has 2 rings (SSSR count). The lowest BCUT2D eigenvalue weighted by Crippen LogP contribution is -2.30. The summed E-state index contributed by atoms with van der Waals surface area (Å²) in [6.07, 6.45) is 0.759. The summed E-state index contributed by atoms with van der Waals surface area (Å²) in [5.74, 6) is 1.40. The zero-order valence-corrected chi connectivity index (χ0v) is 14.9. The van der Waals surface area contributed by atoms with Crippen molar-refractivity contribution in [2.75, 3.05) is 20.3 Å². The normalized spacial score (nSPS) is 10.3. The first-order valence-electron chi connectivity index (χ1n) is 7.79. The molecule has 5 heteroatoms. The van der Waals surface area contributed by atoms with Gasteiger partial charge in [-0.2, -0.15) is 0 Å². The molecule has 24 heavy (non-hydrogen) atoms. The Kier molecular flexibility index (Phi) is 6.50. The minimum Gasteiger partial charge on any atom is -0.497 e. The van der Waals surface area contributed by atoms with E-state index in [2.05, 4.69) is 5.32 Å². The van der Waals surface area contributed by atoms with E-state index in [4.69, 9.17) is 21.1 Å². The number of ether oxygens (including phenoxy) is 2. The number of carbonyl (C=O) groups excluding carboxylic acids is 1. The van der Waals surface area contributed by atoms with Crippen LogP contribution in [0.25, 0.3) is 0 Å². The number of amides is 1. The average Bonchev–Trinajstić information content (AvgIpc) is 2.54. The van der Waals surface area contributed by atoms with Gasteiger partial charge in [0.1, 0.15) is 11.5 Å². The predicted molar refractivity (Wildman–Crippen MR) is 96.1 cm³/mol. The summed E-state index contributed by atoms with van der Waals surface area (Å²) in [5.41, 5.74) is 2.98. The molecule has 2 aromatic carbocycles. The van der Waals surface area contributed by atoms with Crippen molar-refractivity contribution in [1.82, 2.24) is 5.32 Å². The van der Waals surface area contributed by atoms with Gasteiger partial charge in [0.15, 0.2) is 6.61 Å². The van der Waals surface area contributed by atoms with Crippen LogP contribution in [0.2, 0.25) is 5.02 Å². The van der Waals surface area contributed by atoms with Gasteiger partial charge >= 0.3 is 0 Å². The number of benzene rings is 2. The van der Waals surface area contributed by atoms with Crippen LogP contribution >= 0.6 is 11.6 Å². The van der Waals surface area contributed by atoms with Gasteiger partial charge in [0, 0.05) is 11.6 Å². The van der Waals surface area contributed by atoms with E-state index in [0.717, 1.165) is 28.9 Å². The molecular weight excluding hydrogens is 326 g/mol. The second-order valence-electron chi connectivity index (χ2n) is 5.61. The maximum Gasteiger partial charge on any atom is 0.257 e. The van der Waals surface area contributed by atoms with Crippen molar-refractivity contribution in [2.24, 2.45) is 0 Å².